The summed E-state index contributed by atoms with van der Waals surface area (Å²) in [5, 5.41) is 0. The average molecular weight is 181 g/mol. The minimum absolute atomic E-state index is 0.265. The van der Waals surface area contributed by atoms with Gasteiger partial charge in [-0.1, -0.05) is 6.92 Å². The van der Waals surface area contributed by atoms with E-state index in [0.717, 1.165) is 17.4 Å². The van der Waals surface area contributed by atoms with Crippen LogP contribution in [0.3, 0.4) is 0 Å². The van der Waals surface area contributed by atoms with Gasteiger partial charge in [0, 0.05) is 18.1 Å². The van der Waals surface area contributed by atoms with Crippen molar-refractivity contribution in [2.45, 2.75) is 13.3 Å². The third-order valence-electron chi connectivity index (χ3n) is 1.66. The van der Waals surface area contributed by atoms with Crippen LogP contribution in [0, 0.1) is 31.6 Å². The van der Waals surface area contributed by atoms with Gasteiger partial charge in [-0.05, 0) is 31.4 Å². The number of thioether (sulfide) groups is 1. The van der Waals surface area contributed by atoms with E-state index in [1.165, 1.54) is 0 Å². The third-order valence-corrected chi connectivity index (χ3v) is 2.56. The Kier molecular flexibility index (Phi) is 4.74. The molecular formula is C10H13OS. The molecule has 1 fully saturated rings. The van der Waals surface area contributed by atoms with Gasteiger partial charge in [0.15, 0.2) is 0 Å². The van der Waals surface area contributed by atoms with Crippen molar-refractivity contribution in [3.63, 3.8) is 0 Å². The summed E-state index contributed by atoms with van der Waals surface area (Å²) >= 11 is 1.81. The fourth-order valence-corrected chi connectivity index (χ4v) is 1.63. The van der Waals surface area contributed by atoms with Gasteiger partial charge in [-0.2, -0.15) is 11.8 Å². The van der Waals surface area contributed by atoms with E-state index in [9.17, 15) is 4.79 Å². The van der Waals surface area contributed by atoms with Crippen LogP contribution in [0.2, 0.25) is 0 Å². The van der Waals surface area contributed by atoms with E-state index in [1.54, 1.807) is 0 Å². The lowest BCUT2D eigenvalue weighted by atomic mass is 10.0. The van der Waals surface area contributed by atoms with Crippen molar-refractivity contribution < 1.29 is 4.79 Å². The predicted octanol–water partition coefficient (Wildman–Crippen LogP) is 2.10. The Morgan fingerprint density at radius 3 is 2.67 bits per heavy atom. The summed E-state index contributed by atoms with van der Waals surface area (Å²) in [6, 6.07) is 0. The van der Waals surface area contributed by atoms with Gasteiger partial charge in [-0.3, -0.25) is 4.79 Å². The second kappa shape index (κ2) is 5.63. The van der Waals surface area contributed by atoms with Crippen molar-refractivity contribution in [1.82, 2.24) is 0 Å². The molecule has 0 N–H and O–H groups in total. The second-order valence-electron chi connectivity index (χ2n) is 2.54. The van der Waals surface area contributed by atoms with Crippen LogP contribution in [-0.4, -0.2) is 17.3 Å². The Labute approximate surface area is 79.3 Å². The first-order valence-electron chi connectivity index (χ1n) is 4.17. The van der Waals surface area contributed by atoms with Gasteiger partial charge < -0.3 is 0 Å². The molecule has 0 aromatic heterocycles. The van der Waals surface area contributed by atoms with Crippen LogP contribution in [0.25, 0.3) is 0 Å². The molecule has 0 spiro atoms. The van der Waals surface area contributed by atoms with Crippen LogP contribution in [0.15, 0.2) is 0 Å². The normalized spacial score (nSPS) is 18.4. The number of hydrogen-bond acceptors (Lipinski definition) is 2. The van der Waals surface area contributed by atoms with E-state index >= 15 is 0 Å². The lowest BCUT2D eigenvalue weighted by Crippen LogP contribution is -2.09. The molecule has 0 aromatic carbocycles. The molecule has 0 unspecified atom stereocenters. The summed E-state index contributed by atoms with van der Waals surface area (Å²) in [6.45, 7) is 2.11. The molecule has 2 heteroatoms. The van der Waals surface area contributed by atoms with Crippen molar-refractivity contribution in [3.8, 4) is 0 Å². The highest BCUT2D eigenvalue weighted by Gasteiger charge is 2.23. The van der Waals surface area contributed by atoms with E-state index in [4.69, 9.17) is 0 Å². The number of rotatable bonds is 5. The van der Waals surface area contributed by atoms with Crippen LogP contribution < -0.4 is 0 Å². The molecule has 65 valence electrons. The van der Waals surface area contributed by atoms with Gasteiger partial charge in [0.2, 0.25) is 0 Å². The second-order valence-corrected chi connectivity index (χ2v) is 3.94. The first-order chi connectivity index (χ1) is 5.84. The standard InChI is InChI=1S/C10H13OS/c1-2-12-8-7-10(11)9-5-3-4-6-9/h3-6H,2,7-8H2,1H3. The van der Waals surface area contributed by atoms with Crippen LogP contribution in [0.4, 0.5) is 0 Å². The van der Waals surface area contributed by atoms with Crippen molar-refractivity contribution in [2.75, 3.05) is 11.5 Å². The Bertz CT molecular complexity index is 139. The summed E-state index contributed by atoms with van der Waals surface area (Å²) in [6.07, 6.45) is 8.22. The van der Waals surface area contributed by atoms with E-state index < -0.39 is 0 Å². The number of hydrogen-bond donors (Lipinski definition) is 0. The van der Waals surface area contributed by atoms with Crippen LogP contribution in [-0.2, 0) is 4.79 Å². The Morgan fingerprint density at radius 2 is 2.08 bits per heavy atom. The zero-order chi connectivity index (χ0) is 8.81. The maximum Gasteiger partial charge on any atom is 0.141 e. The van der Waals surface area contributed by atoms with E-state index in [-0.39, 0.29) is 5.78 Å². The smallest absolute Gasteiger partial charge is 0.141 e. The van der Waals surface area contributed by atoms with E-state index in [0.29, 0.717) is 6.42 Å². The van der Waals surface area contributed by atoms with Gasteiger partial charge in [0.1, 0.15) is 5.78 Å². The molecule has 1 rings (SSSR count). The van der Waals surface area contributed by atoms with Gasteiger partial charge in [-0.15, -0.1) is 0 Å². The first kappa shape index (κ1) is 10.1. The molecular weight excluding hydrogens is 168 g/mol. The van der Waals surface area contributed by atoms with Gasteiger partial charge in [0.05, 0.1) is 0 Å². The molecule has 0 bridgehead atoms. The quantitative estimate of drug-likeness (QED) is 0.604. The first-order valence-corrected chi connectivity index (χ1v) is 5.32. The zero-order valence-corrected chi connectivity index (χ0v) is 8.06. The van der Waals surface area contributed by atoms with Crippen molar-refractivity contribution >= 4 is 17.5 Å². The molecule has 5 radical (unpaired) electrons. The molecule has 0 atom stereocenters. The number of carbonyl (C=O) groups excluding carboxylic acids is 1. The van der Waals surface area contributed by atoms with Gasteiger partial charge >= 0.3 is 0 Å². The van der Waals surface area contributed by atoms with Gasteiger partial charge in [-0.25, -0.2) is 0 Å². The number of ketones is 1. The van der Waals surface area contributed by atoms with Gasteiger partial charge in [0.25, 0.3) is 0 Å². The number of Topliss-reactive ketones (excluding diaryl/α,β-unsaturated/α-hetero) is 1. The summed E-state index contributed by atoms with van der Waals surface area (Å²) in [7, 11) is 0. The molecule has 1 saturated carbocycles. The zero-order valence-electron chi connectivity index (χ0n) is 7.25. The third kappa shape index (κ3) is 3.18. The monoisotopic (exact) mass is 181 g/mol. The maximum atomic E-state index is 11.4. The molecule has 0 aromatic rings. The van der Waals surface area contributed by atoms with Crippen molar-refractivity contribution in [2.24, 2.45) is 0 Å². The largest absolute Gasteiger partial charge is 0.299 e. The lowest BCUT2D eigenvalue weighted by Gasteiger charge is -2.04. The highest BCUT2D eigenvalue weighted by molar-refractivity contribution is 7.99. The molecule has 1 nitrogen and oxygen atoms in total. The van der Waals surface area contributed by atoms with E-state index in [2.05, 4.69) is 6.92 Å². The average Bonchev–Trinajstić information content (AvgIpc) is 2.56. The maximum absolute atomic E-state index is 11.4. The number of carbonyl (C=O) groups is 1. The molecule has 0 saturated heterocycles. The SMILES string of the molecule is CCSCCC(=O)[C]1[CH][CH][CH][CH]1. The van der Waals surface area contributed by atoms with Crippen LogP contribution >= 0.6 is 11.8 Å². The summed E-state index contributed by atoms with van der Waals surface area (Å²) in [4.78, 5) is 11.4. The molecule has 1 aliphatic rings. The molecule has 0 amide bonds. The fourth-order valence-electron chi connectivity index (χ4n) is 1.01. The Morgan fingerprint density at radius 1 is 1.42 bits per heavy atom. The molecule has 1 aliphatic carbocycles. The highest BCUT2D eigenvalue weighted by Crippen LogP contribution is 2.25. The molecule has 12 heavy (non-hydrogen) atoms. The minimum Gasteiger partial charge on any atom is -0.299 e. The van der Waals surface area contributed by atoms with Crippen LogP contribution in [0.1, 0.15) is 13.3 Å². The predicted molar refractivity (Wildman–Crippen MR) is 53.1 cm³/mol. The fraction of sp³-hybridized carbons (Fsp3) is 0.400. The van der Waals surface area contributed by atoms with Crippen molar-refractivity contribution in [1.29, 1.82) is 0 Å². The molecule has 0 heterocycles. The summed E-state index contributed by atoms with van der Waals surface area (Å²) in [5.74, 6) is 3.15. The summed E-state index contributed by atoms with van der Waals surface area (Å²) in [5.41, 5.74) is 0. The van der Waals surface area contributed by atoms with E-state index in [1.807, 2.05) is 37.4 Å². The lowest BCUT2D eigenvalue weighted by molar-refractivity contribution is -0.116. The molecule has 0 aliphatic heterocycles. The Balaban J connectivity index is 2.10. The minimum atomic E-state index is 0.265. The summed E-state index contributed by atoms with van der Waals surface area (Å²) < 4.78 is 0. The highest BCUT2D eigenvalue weighted by atomic mass is 32.2. The Hall–Kier alpha value is 0.0200. The van der Waals surface area contributed by atoms with Crippen LogP contribution in [0.5, 0.6) is 0 Å². The van der Waals surface area contributed by atoms with Crippen molar-refractivity contribution in [3.05, 3.63) is 31.6 Å². The topological polar surface area (TPSA) is 17.1 Å².